The molecule has 11 nitrogen and oxygen atoms in total. The number of non-ortho nitro benzene ring substituents is 1. The van der Waals surface area contributed by atoms with Crippen molar-refractivity contribution in [1.82, 2.24) is 4.90 Å². The van der Waals surface area contributed by atoms with Crippen molar-refractivity contribution in [3.8, 4) is 5.75 Å². The lowest BCUT2D eigenvalue weighted by atomic mass is 9.87. The number of ether oxygens (including phenoxy) is 1. The van der Waals surface area contributed by atoms with E-state index in [-0.39, 0.29) is 23.2 Å². The van der Waals surface area contributed by atoms with E-state index in [2.05, 4.69) is 4.90 Å². The predicted octanol–water partition coefficient (Wildman–Crippen LogP) is 4.33. The molecule has 1 heterocycles. The number of rotatable bonds is 12. The number of hydrogen-bond acceptors (Lipinski definition) is 8. The molecule has 13 heteroatoms. The van der Waals surface area contributed by atoms with Gasteiger partial charge in [0.15, 0.2) is 12.2 Å². The molecule has 1 aliphatic rings. The van der Waals surface area contributed by atoms with Gasteiger partial charge in [-0.15, -0.1) is 0 Å². The third kappa shape index (κ3) is 10.2. The van der Waals surface area contributed by atoms with Crippen LogP contribution in [0.1, 0.15) is 36.3 Å². The van der Waals surface area contributed by atoms with Crippen molar-refractivity contribution in [1.29, 1.82) is 0 Å². The van der Waals surface area contributed by atoms with Gasteiger partial charge in [0.25, 0.3) is 5.69 Å². The number of aliphatic hydroxyl groups is 2. The van der Waals surface area contributed by atoms with E-state index in [0.717, 1.165) is 55.8 Å². The van der Waals surface area contributed by atoms with Gasteiger partial charge in [-0.25, -0.2) is 18.4 Å². The number of aliphatic hydroxyl groups excluding tert-OH is 2. The largest absolute Gasteiger partial charge is 0.479 e. The number of carbonyl (C=O) groups is 2. The first-order chi connectivity index (χ1) is 20.9. The van der Waals surface area contributed by atoms with E-state index in [9.17, 15) is 28.5 Å². The normalized spacial score (nSPS) is 14.5. The van der Waals surface area contributed by atoms with Crippen molar-refractivity contribution < 1.29 is 48.5 Å². The fourth-order valence-corrected chi connectivity index (χ4v) is 4.48. The Balaban J connectivity index is 0.000000456. The van der Waals surface area contributed by atoms with Gasteiger partial charge in [-0.2, -0.15) is 0 Å². The lowest BCUT2D eigenvalue weighted by molar-refractivity contribution is -0.384. The second kappa shape index (κ2) is 16.2. The minimum Gasteiger partial charge on any atom is -0.479 e. The van der Waals surface area contributed by atoms with E-state index in [1.807, 2.05) is 6.08 Å². The Bertz CT molecular complexity index is 1370. The van der Waals surface area contributed by atoms with E-state index in [1.165, 1.54) is 36.4 Å². The summed E-state index contributed by atoms with van der Waals surface area (Å²) >= 11 is 0. The summed E-state index contributed by atoms with van der Waals surface area (Å²) in [6, 6.07) is 19.1. The van der Waals surface area contributed by atoms with Crippen LogP contribution in [-0.2, 0) is 9.59 Å². The highest BCUT2D eigenvalue weighted by Gasteiger charge is 2.29. The Morgan fingerprint density at radius 1 is 0.864 bits per heavy atom. The third-order valence-electron chi connectivity index (χ3n) is 6.87. The number of hydrogen-bond donors (Lipinski definition) is 4. The summed E-state index contributed by atoms with van der Waals surface area (Å²) in [5, 5.41) is 43.3. The predicted molar refractivity (Wildman–Crippen MR) is 154 cm³/mol. The van der Waals surface area contributed by atoms with Crippen LogP contribution in [0.4, 0.5) is 14.5 Å². The molecular weight excluding hydrogens is 582 g/mol. The molecule has 4 rings (SSSR count). The van der Waals surface area contributed by atoms with Crippen molar-refractivity contribution >= 4 is 17.6 Å². The Morgan fingerprint density at radius 3 is 1.77 bits per heavy atom. The maximum atomic E-state index is 13.4. The number of benzene rings is 3. The minimum atomic E-state index is -2.27. The van der Waals surface area contributed by atoms with Crippen molar-refractivity contribution in [3.05, 3.63) is 118 Å². The molecule has 0 aliphatic carbocycles. The second-order valence-electron chi connectivity index (χ2n) is 9.94. The molecule has 0 bridgehead atoms. The fraction of sp³-hybridized carbons (Fsp3) is 0.290. The fourth-order valence-electron chi connectivity index (χ4n) is 4.48. The molecule has 0 spiro atoms. The van der Waals surface area contributed by atoms with Gasteiger partial charge in [0.05, 0.1) is 4.92 Å². The van der Waals surface area contributed by atoms with Gasteiger partial charge in [-0.1, -0.05) is 24.3 Å². The minimum absolute atomic E-state index is 0.0377. The van der Waals surface area contributed by atoms with Gasteiger partial charge in [0.1, 0.15) is 23.1 Å². The number of carboxylic acids is 2. The zero-order chi connectivity index (χ0) is 32.2. The SMILES string of the molecule is O=C(O)C(O)C(O)C(=O)O.O=[N+]([O-])c1ccc(OC2=CCN(CCCC(c3ccc(F)cc3)c3ccc(F)cc3)CC2)cc1. The van der Waals surface area contributed by atoms with E-state index in [4.69, 9.17) is 25.2 Å². The molecule has 2 atom stereocenters. The number of nitro benzene ring substituents is 1. The quantitative estimate of drug-likeness (QED) is 0.170. The standard InChI is InChI=1S/C27H26F2N2O3.C4H6O6/c28-22-7-3-20(4-8-22)27(21-5-9-23(29)10-6-21)2-1-17-30-18-15-26(16-19-30)34-25-13-11-24(12-14-25)31(32)33;5-1(3(7)8)2(6)4(9)10/h3-15,27H,1-2,16-19H2;1-2,5-6H,(H,7,8)(H,9,10). The van der Waals surface area contributed by atoms with Crippen LogP contribution in [-0.4, -0.2) is 74.0 Å². The Kier molecular flexibility index (Phi) is 12.4. The summed E-state index contributed by atoms with van der Waals surface area (Å²) in [7, 11) is 0. The first-order valence-electron chi connectivity index (χ1n) is 13.6. The Morgan fingerprint density at radius 2 is 1.36 bits per heavy atom. The van der Waals surface area contributed by atoms with Crippen LogP contribution in [0.5, 0.6) is 5.75 Å². The summed E-state index contributed by atoms with van der Waals surface area (Å²) in [4.78, 5) is 32.2. The lowest BCUT2D eigenvalue weighted by Gasteiger charge is -2.27. The second-order valence-corrected chi connectivity index (χ2v) is 9.94. The van der Waals surface area contributed by atoms with Gasteiger partial charge in [-0.3, -0.25) is 15.0 Å². The first-order valence-corrected chi connectivity index (χ1v) is 13.6. The summed E-state index contributed by atoms with van der Waals surface area (Å²) in [5.74, 6) is -2.55. The molecule has 3 aromatic rings. The van der Waals surface area contributed by atoms with E-state index in [0.29, 0.717) is 5.75 Å². The van der Waals surface area contributed by atoms with Gasteiger partial charge in [0.2, 0.25) is 0 Å². The van der Waals surface area contributed by atoms with Crippen molar-refractivity contribution in [3.63, 3.8) is 0 Å². The average Bonchev–Trinajstić information content (AvgIpc) is 3.01. The molecule has 3 aromatic carbocycles. The van der Waals surface area contributed by atoms with Gasteiger partial charge < -0.3 is 25.2 Å². The summed E-state index contributed by atoms with van der Waals surface area (Å²) in [6.07, 6.45) is 0.0729. The van der Waals surface area contributed by atoms with Gasteiger partial charge in [0, 0.05) is 37.6 Å². The molecule has 0 saturated carbocycles. The molecule has 0 amide bonds. The van der Waals surface area contributed by atoms with Gasteiger partial charge >= 0.3 is 11.9 Å². The maximum Gasteiger partial charge on any atom is 0.335 e. The number of halogens is 2. The van der Waals surface area contributed by atoms with Crippen LogP contribution in [0.3, 0.4) is 0 Å². The third-order valence-corrected chi connectivity index (χ3v) is 6.87. The highest BCUT2D eigenvalue weighted by Crippen LogP contribution is 2.30. The number of aliphatic carboxylic acids is 2. The lowest BCUT2D eigenvalue weighted by Crippen LogP contribution is -2.39. The summed E-state index contributed by atoms with van der Waals surface area (Å²) in [6.45, 7) is 2.52. The molecule has 4 N–H and O–H groups in total. The smallest absolute Gasteiger partial charge is 0.335 e. The van der Waals surface area contributed by atoms with Crippen LogP contribution in [0.15, 0.2) is 84.6 Å². The zero-order valence-electron chi connectivity index (χ0n) is 23.5. The van der Waals surface area contributed by atoms with Crippen molar-refractivity contribution in [2.75, 3.05) is 19.6 Å². The van der Waals surface area contributed by atoms with Crippen molar-refractivity contribution in [2.24, 2.45) is 0 Å². The average molecular weight is 615 g/mol. The molecule has 2 unspecified atom stereocenters. The molecule has 0 fully saturated rings. The topological polar surface area (TPSA) is 171 Å². The Hall–Kier alpha value is -4.72. The highest BCUT2D eigenvalue weighted by molar-refractivity contribution is 5.83. The van der Waals surface area contributed by atoms with E-state index >= 15 is 0 Å². The molecule has 44 heavy (non-hydrogen) atoms. The molecule has 0 radical (unpaired) electrons. The van der Waals surface area contributed by atoms with E-state index < -0.39 is 29.1 Å². The number of carboxylic acid groups (broad SMARTS) is 2. The number of nitrogens with zero attached hydrogens (tertiary/aromatic N) is 2. The molecule has 0 saturated heterocycles. The molecule has 1 aliphatic heterocycles. The van der Waals surface area contributed by atoms with Crippen LogP contribution in [0, 0.1) is 21.7 Å². The number of nitro groups is 1. The zero-order valence-corrected chi connectivity index (χ0v) is 23.5. The highest BCUT2D eigenvalue weighted by atomic mass is 19.1. The summed E-state index contributed by atoms with van der Waals surface area (Å²) < 4.78 is 32.7. The van der Waals surface area contributed by atoms with Gasteiger partial charge in [-0.05, 0) is 73.0 Å². The monoisotopic (exact) mass is 614 g/mol. The molecular formula is C31H32F2N2O9. The Labute approximate surface area is 251 Å². The molecule has 0 aromatic heterocycles. The maximum absolute atomic E-state index is 13.4. The van der Waals surface area contributed by atoms with Crippen LogP contribution >= 0.6 is 0 Å². The van der Waals surface area contributed by atoms with Crippen LogP contribution in [0.2, 0.25) is 0 Å². The first kappa shape index (κ1) is 33.8. The van der Waals surface area contributed by atoms with E-state index in [1.54, 1.807) is 36.4 Å². The van der Waals surface area contributed by atoms with Crippen LogP contribution < -0.4 is 4.74 Å². The molecule has 234 valence electrons. The summed E-state index contributed by atoms with van der Waals surface area (Å²) in [5.41, 5.74) is 2.08. The van der Waals surface area contributed by atoms with Crippen LogP contribution in [0.25, 0.3) is 0 Å². The van der Waals surface area contributed by atoms with Crippen molar-refractivity contribution in [2.45, 2.75) is 37.4 Å².